The van der Waals surface area contributed by atoms with E-state index in [2.05, 4.69) is 5.32 Å². The van der Waals surface area contributed by atoms with Gasteiger partial charge in [-0.2, -0.15) is 0 Å². The number of halogens is 1. The highest BCUT2D eigenvalue weighted by Crippen LogP contribution is 2.22. The molecule has 4 nitrogen and oxygen atoms in total. The lowest BCUT2D eigenvalue weighted by Gasteiger charge is -2.09. The second-order valence-corrected chi connectivity index (χ2v) is 4.55. The van der Waals surface area contributed by atoms with Gasteiger partial charge in [0.25, 0.3) is 0 Å². The van der Waals surface area contributed by atoms with Gasteiger partial charge in [-0.1, -0.05) is 23.7 Å². The molecule has 0 bridgehead atoms. The normalized spacial score (nSPS) is 11.9. The van der Waals surface area contributed by atoms with Crippen LogP contribution in [-0.4, -0.2) is 25.1 Å². The fourth-order valence-electron chi connectivity index (χ4n) is 1.34. The van der Waals surface area contributed by atoms with Gasteiger partial charge >= 0.3 is 0 Å². The van der Waals surface area contributed by atoms with E-state index in [0.29, 0.717) is 30.3 Å². The maximum absolute atomic E-state index is 11.4. The van der Waals surface area contributed by atoms with E-state index in [1.54, 1.807) is 12.1 Å². The number of hydrogen-bond acceptors (Lipinski definition) is 3. The van der Waals surface area contributed by atoms with Crippen molar-refractivity contribution in [3.8, 4) is 5.75 Å². The second-order valence-electron chi connectivity index (χ2n) is 4.14. The Hall–Kier alpha value is -1.26. The van der Waals surface area contributed by atoms with E-state index < -0.39 is 0 Å². The monoisotopic (exact) mass is 270 g/mol. The highest BCUT2D eigenvalue weighted by molar-refractivity contribution is 6.32. The molecular formula is C13H19ClN2O2. The summed E-state index contributed by atoms with van der Waals surface area (Å²) in [6.07, 6.45) is 1.08. The molecule has 0 spiro atoms. The van der Waals surface area contributed by atoms with Crippen LogP contribution >= 0.6 is 11.6 Å². The van der Waals surface area contributed by atoms with Gasteiger partial charge in [-0.25, -0.2) is 0 Å². The fraction of sp³-hybridized carbons (Fsp3) is 0.462. The molecule has 0 saturated carbocycles. The van der Waals surface area contributed by atoms with Crippen LogP contribution in [-0.2, 0) is 4.79 Å². The number of amides is 1. The summed E-state index contributed by atoms with van der Waals surface area (Å²) in [4.78, 5) is 11.4. The first-order chi connectivity index (χ1) is 8.59. The first kappa shape index (κ1) is 14.8. The van der Waals surface area contributed by atoms with Crippen LogP contribution in [0.15, 0.2) is 24.3 Å². The number of ether oxygens (including phenoxy) is 1. The quantitative estimate of drug-likeness (QED) is 0.796. The number of carbonyl (C=O) groups excluding carboxylic acids is 1. The second kappa shape index (κ2) is 7.95. The molecule has 0 fully saturated rings. The van der Waals surface area contributed by atoms with Gasteiger partial charge in [0.05, 0.1) is 18.1 Å². The minimum Gasteiger partial charge on any atom is -0.491 e. The molecule has 0 heterocycles. The average Bonchev–Trinajstić information content (AvgIpc) is 2.31. The lowest BCUT2D eigenvalue weighted by Crippen LogP contribution is -2.29. The largest absolute Gasteiger partial charge is 0.491 e. The molecule has 0 aromatic heterocycles. The van der Waals surface area contributed by atoms with E-state index in [1.165, 1.54) is 0 Å². The Kier molecular flexibility index (Phi) is 6.54. The number of para-hydroxylation sites is 1. The third kappa shape index (κ3) is 5.89. The molecule has 0 saturated heterocycles. The highest BCUT2D eigenvalue weighted by Gasteiger charge is 2.04. The number of hydrogen-bond donors (Lipinski definition) is 2. The zero-order valence-corrected chi connectivity index (χ0v) is 11.2. The van der Waals surface area contributed by atoms with Crippen LogP contribution in [0.5, 0.6) is 5.75 Å². The van der Waals surface area contributed by atoms with E-state index >= 15 is 0 Å². The number of benzene rings is 1. The van der Waals surface area contributed by atoms with Crippen molar-refractivity contribution in [1.82, 2.24) is 5.32 Å². The van der Waals surface area contributed by atoms with Gasteiger partial charge in [0.2, 0.25) is 5.91 Å². The Balaban J connectivity index is 2.18. The Bertz CT molecular complexity index is 383. The predicted octanol–water partition coefficient (Wildman–Crippen LogP) is 1.96. The molecule has 0 radical (unpaired) electrons. The predicted molar refractivity (Wildman–Crippen MR) is 72.8 cm³/mol. The summed E-state index contributed by atoms with van der Waals surface area (Å²) in [5.74, 6) is 0.560. The van der Waals surface area contributed by atoms with Crippen molar-refractivity contribution < 1.29 is 9.53 Å². The number of carbonyl (C=O) groups is 1. The summed E-state index contributed by atoms with van der Waals surface area (Å²) in [5, 5.41) is 3.33. The van der Waals surface area contributed by atoms with Crippen LogP contribution in [0.25, 0.3) is 0 Å². The van der Waals surface area contributed by atoms with Gasteiger partial charge in [0, 0.05) is 12.6 Å². The van der Waals surface area contributed by atoms with Gasteiger partial charge < -0.3 is 15.8 Å². The maximum atomic E-state index is 11.4. The third-order valence-electron chi connectivity index (χ3n) is 2.35. The molecule has 3 N–H and O–H groups in total. The number of rotatable bonds is 7. The zero-order valence-electron chi connectivity index (χ0n) is 10.5. The number of nitrogens with one attached hydrogen (secondary N) is 1. The van der Waals surface area contributed by atoms with Crippen molar-refractivity contribution in [2.24, 2.45) is 5.73 Å². The lowest BCUT2D eigenvalue weighted by molar-refractivity contribution is -0.121. The van der Waals surface area contributed by atoms with Crippen molar-refractivity contribution >= 4 is 17.5 Å². The molecular weight excluding hydrogens is 252 g/mol. The van der Waals surface area contributed by atoms with E-state index in [1.807, 2.05) is 19.1 Å². The molecule has 1 amide bonds. The number of nitrogens with two attached hydrogens (primary N) is 1. The van der Waals surface area contributed by atoms with Crippen LogP contribution in [0.2, 0.25) is 5.02 Å². The first-order valence-corrected chi connectivity index (χ1v) is 6.37. The standard InChI is InChI=1S/C13H19ClN2O2/c1-10(15)6-8-16-13(17)7-9-18-12-5-3-2-4-11(12)14/h2-5,10H,6-9,15H2,1H3,(H,16,17). The molecule has 18 heavy (non-hydrogen) atoms. The smallest absolute Gasteiger partial charge is 0.223 e. The van der Waals surface area contributed by atoms with E-state index in [9.17, 15) is 4.79 Å². The molecule has 1 aromatic carbocycles. The summed E-state index contributed by atoms with van der Waals surface area (Å²) in [6.45, 7) is 2.82. The molecule has 5 heteroatoms. The highest BCUT2D eigenvalue weighted by atomic mass is 35.5. The molecule has 100 valence electrons. The molecule has 0 aliphatic rings. The van der Waals surface area contributed by atoms with Crippen LogP contribution < -0.4 is 15.8 Å². The molecule has 1 atom stereocenters. The summed E-state index contributed by atoms with van der Waals surface area (Å²) >= 11 is 5.92. The van der Waals surface area contributed by atoms with E-state index in [0.717, 1.165) is 6.42 Å². The van der Waals surface area contributed by atoms with Crippen LogP contribution in [0.4, 0.5) is 0 Å². The van der Waals surface area contributed by atoms with Crippen molar-refractivity contribution in [3.63, 3.8) is 0 Å². The Morgan fingerprint density at radius 3 is 2.89 bits per heavy atom. The summed E-state index contributed by atoms with van der Waals surface area (Å²) < 4.78 is 5.42. The van der Waals surface area contributed by atoms with Crippen LogP contribution in [0.3, 0.4) is 0 Å². The van der Waals surface area contributed by atoms with Gasteiger partial charge in [-0.3, -0.25) is 4.79 Å². The van der Waals surface area contributed by atoms with Crippen molar-refractivity contribution in [2.45, 2.75) is 25.8 Å². The van der Waals surface area contributed by atoms with Gasteiger partial charge in [-0.15, -0.1) is 0 Å². The van der Waals surface area contributed by atoms with Gasteiger partial charge in [0.15, 0.2) is 0 Å². The maximum Gasteiger partial charge on any atom is 0.223 e. The fourth-order valence-corrected chi connectivity index (χ4v) is 1.53. The summed E-state index contributed by atoms with van der Waals surface area (Å²) in [5.41, 5.74) is 5.58. The summed E-state index contributed by atoms with van der Waals surface area (Å²) in [6, 6.07) is 7.29. The van der Waals surface area contributed by atoms with Crippen molar-refractivity contribution in [2.75, 3.05) is 13.2 Å². The molecule has 1 unspecified atom stereocenters. The minimum absolute atomic E-state index is 0.0392. The molecule has 0 aliphatic heterocycles. The Labute approximate surface area is 112 Å². The van der Waals surface area contributed by atoms with Crippen molar-refractivity contribution in [1.29, 1.82) is 0 Å². The summed E-state index contributed by atoms with van der Waals surface area (Å²) in [7, 11) is 0. The molecule has 1 aromatic rings. The van der Waals surface area contributed by atoms with E-state index in [4.69, 9.17) is 22.1 Å². The van der Waals surface area contributed by atoms with Crippen LogP contribution in [0.1, 0.15) is 19.8 Å². The molecule has 1 rings (SSSR count). The van der Waals surface area contributed by atoms with Crippen molar-refractivity contribution in [3.05, 3.63) is 29.3 Å². The first-order valence-electron chi connectivity index (χ1n) is 5.99. The average molecular weight is 271 g/mol. The van der Waals surface area contributed by atoms with Crippen LogP contribution in [0, 0.1) is 0 Å². The van der Waals surface area contributed by atoms with Gasteiger partial charge in [-0.05, 0) is 25.5 Å². The minimum atomic E-state index is -0.0392. The Morgan fingerprint density at radius 2 is 2.22 bits per heavy atom. The Morgan fingerprint density at radius 1 is 1.50 bits per heavy atom. The van der Waals surface area contributed by atoms with Gasteiger partial charge in [0.1, 0.15) is 5.75 Å². The SMILES string of the molecule is CC(N)CCNC(=O)CCOc1ccccc1Cl. The molecule has 0 aliphatic carbocycles. The van der Waals surface area contributed by atoms with E-state index in [-0.39, 0.29) is 11.9 Å². The lowest BCUT2D eigenvalue weighted by atomic mass is 10.2. The third-order valence-corrected chi connectivity index (χ3v) is 2.66. The topological polar surface area (TPSA) is 64.3 Å². The zero-order chi connectivity index (χ0) is 13.4.